The number of piperidine rings is 1. The van der Waals surface area contributed by atoms with Gasteiger partial charge in [-0.15, -0.1) is 0 Å². The fourth-order valence-corrected chi connectivity index (χ4v) is 2.82. The highest BCUT2D eigenvalue weighted by atomic mass is 35.5. The number of ether oxygens (including phenoxy) is 1. The molecule has 20 heavy (non-hydrogen) atoms. The Bertz CT molecular complexity index is 507. The van der Waals surface area contributed by atoms with Crippen LogP contribution in [0, 0.1) is 0 Å². The molecule has 2 rings (SSSR count). The minimum atomic E-state index is -0.439. The lowest BCUT2D eigenvalue weighted by Gasteiger charge is -2.31. The van der Waals surface area contributed by atoms with E-state index in [1.807, 2.05) is 0 Å². The number of methoxy groups -OCH3 is 1. The van der Waals surface area contributed by atoms with Crippen LogP contribution in [-0.4, -0.2) is 44.2 Å². The van der Waals surface area contributed by atoms with E-state index in [1.54, 1.807) is 12.1 Å². The zero-order valence-corrected chi connectivity index (χ0v) is 12.5. The Kier molecular flexibility index (Phi) is 4.73. The smallest absolute Gasteiger partial charge is 0.340 e. The van der Waals surface area contributed by atoms with Gasteiger partial charge in [0.25, 0.3) is 0 Å². The van der Waals surface area contributed by atoms with Crippen LogP contribution in [0.2, 0.25) is 5.02 Å². The van der Waals surface area contributed by atoms with Crippen LogP contribution >= 0.6 is 11.6 Å². The first kappa shape index (κ1) is 14.9. The number of likely N-dealkylation sites (tertiary alicyclic amines) is 1. The van der Waals surface area contributed by atoms with Gasteiger partial charge < -0.3 is 20.7 Å². The van der Waals surface area contributed by atoms with E-state index < -0.39 is 5.97 Å². The number of rotatable bonds is 3. The van der Waals surface area contributed by atoms with Crippen LogP contribution in [0.1, 0.15) is 23.2 Å². The maximum atomic E-state index is 11.9. The highest BCUT2D eigenvalue weighted by Crippen LogP contribution is 2.31. The first-order valence-corrected chi connectivity index (χ1v) is 7.01. The third-order valence-electron chi connectivity index (χ3n) is 3.49. The van der Waals surface area contributed by atoms with E-state index >= 15 is 0 Å². The molecule has 1 aromatic carbocycles. The zero-order valence-electron chi connectivity index (χ0n) is 11.8. The number of benzene rings is 1. The Labute approximate surface area is 124 Å². The number of halogens is 1. The van der Waals surface area contributed by atoms with Gasteiger partial charge in [-0.05, 0) is 38.6 Å². The molecular formula is C14H20ClN3O2. The van der Waals surface area contributed by atoms with Crippen molar-refractivity contribution in [2.75, 3.05) is 38.3 Å². The van der Waals surface area contributed by atoms with Crippen LogP contribution in [0.5, 0.6) is 0 Å². The number of carbonyl (C=O) groups is 1. The molecule has 1 unspecified atom stereocenters. The van der Waals surface area contributed by atoms with Crippen LogP contribution in [0.15, 0.2) is 12.1 Å². The molecular weight excluding hydrogens is 278 g/mol. The lowest BCUT2D eigenvalue weighted by atomic mass is 10.0. The highest BCUT2D eigenvalue weighted by molar-refractivity contribution is 6.34. The molecule has 1 atom stereocenters. The second kappa shape index (κ2) is 6.33. The van der Waals surface area contributed by atoms with Crippen molar-refractivity contribution >= 4 is 28.9 Å². The molecule has 0 saturated carbocycles. The second-order valence-corrected chi connectivity index (χ2v) is 5.57. The van der Waals surface area contributed by atoms with Crippen molar-refractivity contribution in [3.8, 4) is 0 Å². The summed E-state index contributed by atoms with van der Waals surface area (Å²) in [6.07, 6.45) is 2.17. The topological polar surface area (TPSA) is 67.6 Å². The summed E-state index contributed by atoms with van der Waals surface area (Å²) < 4.78 is 4.79. The molecule has 5 nitrogen and oxygen atoms in total. The molecule has 1 aliphatic rings. The summed E-state index contributed by atoms with van der Waals surface area (Å²) in [7, 11) is 3.43. The van der Waals surface area contributed by atoms with Crippen molar-refractivity contribution in [3.05, 3.63) is 22.7 Å². The third kappa shape index (κ3) is 3.35. The van der Waals surface area contributed by atoms with Gasteiger partial charge in [-0.1, -0.05) is 11.6 Å². The molecule has 0 amide bonds. The molecule has 1 fully saturated rings. The summed E-state index contributed by atoms with van der Waals surface area (Å²) in [5.41, 5.74) is 7.18. The Morgan fingerprint density at radius 1 is 1.55 bits per heavy atom. The van der Waals surface area contributed by atoms with Crippen LogP contribution in [0.25, 0.3) is 0 Å². The van der Waals surface area contributed by atoms with E-state index in [-0.39, 0.29) is 6.04 Å². The van der Waals surface area contributed by atoms with Crippen molar-refractivity contribution < 1.29 is 9.53 Å². The molecule has 0 radical (unpaired) electrons. The molecule has 0 aromatic heterocycles. The minimum Gasteiger partial charge on any atom is -0.465 e. The van der Waals surface area contributed by atoms with Gasteiger partial charge in [0.05, 0.1) is 23.4 Å². The monoisotopic (exact) mass is 297 g/mol. The lowest BCUT2D eigenvalue weighted by Crippen LogP contribution is -2.40. The first-order chi connectivity index (χ1) is 9.51. The number of nitrogens with one attached hydrogen (secondary N) is 1. The molecule has 0 aliphatic carbocycles. The number of anilines is 2. The summed E-state index contributed by atoms with van der Waals surface area (Å²) in [6.45, 7) is 2.01. The summed E-state index contributed by atoms with van der Waals surface area (Å²) in [5.74, 6) is -0.439. The van der Waals surface area contributed by atoms with Gasteiger partial charge in [0.2, 0.25) is 0 Å². The molecule has 1 aliphatic heterocycles. The van der Waals surface area contributed by atoms with Crippen molar-refractivity contribution in [3.63, 3.8) is 0 Å². The molecule has 1 aromatic rings. The quantitative estimate of drug-likeness (QED) is 0.661. The van der Waals surface area contributed by atoms with Gasteiger partial charge in [0.15, 0.2) is 0 Å². The number of likely N-dealkylation sites (N-methyl/N-ethyl adjacent to an activating group) is 1. The summed E-state index contributed by atoms with van der Waals surface area (Å²) in [6, 6.07) is 3.49. The molecule has 0 spiro atoms. The molecule has 1 heterocycles. The van der Waals surface area contributed by atoms with Crippen LogP contribution in [0.4, 0.5) is 11.4 Å². The third-order valence-corrected chi connectivity index (χ3v) is 3.79. The van der Waals surface area contributed by atoms with E-state index in [9.17, 15) is 4.79 Å². The van der Waals surface area contributed by atoms with Gasteiger partial charge in [0.1, 0.15) is 0 Å². The van der Waals surface area contributed by atoms with Gasteiger partial charge in [-0.3, -0.25) is 0 Å². The standard InChI is InChI=1S/C14H20ClN3O2/c1-18-5-3-4-10(8-18)17-13-11(14(19)20-2)6-9(16)7-12(13)15/h6-7,10,17H,3-5,8,16H2,1-2H3. The van der Waals surface area contributed by atoms with Crippen molar-refractivity contribution in [1.29, 1.82) is 0 Å². The predicted octanol–water partition coefficient (Wildman–Crippen LogP) is 2.21. The molecule has 6 heteroatoms. The van der Waals surface area contributed by atoms with Crippen molar-refractivity contribution in [2.24, 2.45) is 0 Å². The lowest BCUT2D eigenvalue weighted by molar-refractivity contribution is 0.0602. The Morgan fingerprint density at radius 3 is 2.95 bits per heavy atom. The Balaban J connectivity index is 2.27. The normalized spacial score (nSPS) is 19.6. The molecule has 3 N–H and O–H groups in total. The average Bonchev–Trinajstić information content (AvgIpc) is 2.40. The first-order valence-electron chi connectivity index (χ1n) is 6.63. The van der Waals surface area contributed by atoms with Gasteiger partial charge in [-0.2, -0.15) is 0 Å². The number of hydrogen-bond donors (Lipinski definition) is 2. The number of hydrogen-bond acceptors (Lipinski definition) is 5. The molecule has 0 bridgehead atoms. The maximum Gasteiger partial charge on any atom is 0.340 e. The largest absolute Gasteiger partial charge is 0.465 e. The van der Waals surface area contributed by atoms with E-state index in [2.05, 4.69) is 17.3 Å². The van der Waals surface area contributed by atoms with E-state index in [4.69, 9.17) is 22.1 Å². The van der Waals surface area contributed by atoms with Crippen LogP contribution in [0.3, 0.4) is 0 Å². The van der Waals surface area contributed by atoms with Crippen molar-refractivity contribution in [2.45, 2.75) is 18.9 Å². The van der Waals surface area contributed by atoms with Gasteiger partial charge >= 0.3 is 5.97 Å². The fourth-order valence-electron chi connectivity index (χ4n) is 2.53. The number of esters is 1. The summed E-state index contributed by atoms with van der Waals surface area (Å²) in [4.78, 5) is 14.1. The Hall–Kier alpha value is -1.46. The van der Waals surface area contributed by atoms with Gasteiger partial charge in [-0.25, -0.2) is 4.79 Å². The highest BCUT2D eigenvalue weighted by Gasteiger charge is 2.22. The zero-order chi connectivity index (χ0) is 14.7. The van der Waals surface area contributed by atoms with Crippen molar-refractivity contribution in [1.82, 2.24) is 4.90 Å². The number of nitrogen functional groups attached to an aromatic ring is 1. The number of nitrogens with zero attached hydrogens (tertiary/aromatic N) is 1. The Morgan fingerprint density at radius 2 is 2.30 bits per heavy atom. The van der Waals surface area contributed by atoms with E-state index in [0.717, 1.165) is 25.9 Å². The summed E-state index contributed by atoms with van der Waals surface area (Å²) in [5, 5.41) is 3.80. The van der Waals surface area contributed by atoms with Gasteiger partial charge in [0, 0.05) is 18.3 Å². The second-order valence-electron chi connectivity index (χ2n) is 5.16. The fraction of sp³-hybridized carbons (Fsp3) is 0.500. The minimum absolute atomic E-state index is 0.262. The predicted molar refractivity (Wildman–Crippen MR) is 81.3 cm³/mol. The molecule has 1 saturated heterocycles. The number of nitrogens with two attached hydrogens (primary N) is 1. The van der Waals surface area contributed by atoms with E-state index in [1.165, 1.54) is 7.11 Å². The van der Waals surface area contributed by atoms with E-state index in [0.29, 0.717) is 22.0 Å². The maximum absolute atomic E-state index is 11.9. The summed E-state index contributed by atoms with van der Waals surface area (Å²) >= 11 is 6.23. The SMILES string of the molecule is COC(=O)c1cc(N)cc(Cl)c1NC1CCCN(C)C1. The number of carbonyl (C=O) groups excluding carboxylic acids is 1. The average molecular weight is 298 g/mol. The molecule has 110 valence electrons. The van der Waals surface area contributed by atoms with Crippen LogP contribution < -0.4 is 11.1 Å². The van der Waals surface area contributed by atoms with Crippen LogP contribution in [-0.2, 0) is 4.74 Å².